The van der Waals surface area contributed by atoms with Gasteiger partial charge in [0, 0.05) is 42.9 Å². The quantitative estimate of drug-likeness (QED) is 0.225. The van der Waals surface area contributed by atoms with E-state index >= 15 is 0 Å². The molecule has 0 bridgehead atoms. The summed E-state index contributed by atoms with van der Waals surface area (Å²) < 4.78 is 13.5. The molecule has 218 valence electrons. The first kappa shape index (κ1) is 31.4. The molecule has 0 spiro atoms. The van der Waals surface area contributed by atoms with Crippen molar-refractivity contribution < 1.29 is 23.9 Å². The molecular weight excluding hydrogens is 523 g/mol. The lowest BCUT2D eigenvalue weighted by Gasteiger charge is -2.25. The Morgan fingerprint density at radius 3 is 2.10 bits per heavy atom. The summed E-state index contributed by atoms with van der Waals surface area (Å²) in [4.78, 5) is 40.5. The van der Waals surface area contributed by atoms with Crippen molar-refractivity contribution in [3.8, 4) is 0 Å². The van der Waals surface area contributed by atoms with Crippen LogP contribution >= 0.6 is 0 Å². The summed E-state index contributed by atoms with van der Waals surface area (Å²) >= 11 is 0. The van der Waals surface area contributed by atoms with Gasteiger partial charge in [0.15, 0.2) is 0 Å². The fourth-order valence-corrected chi connectivity index (χ4v) is 4.57. The molecule has 41 heavy (non-hydrogen) atoms. The van der Waals surface area contributed by atoms with Crippen LogP contribution in [0.1, 0.15) is 68.9 Å². The highest BCUT2D eigenvalue weighted by atomic mass is 19.1. The Hall–Kier alpha value is -4.08. The first-order chi connectivity index (χ1) is 19.7. The van der Waals surface area contributed by atoms with Gasteiger partial charge < -0.3 is 26.4 Å². The number of nitrogens with two attached hydrogens (primary N) is 1. The minimum Gasteiger partial charge on any atom is -0.390 e. The van der Waals surface area contributed by atoms with Gasteiger partial charge in [-0.3, -0.25) is 14.4 Å². The van der Waals surface area contributed by atoms with Gasteiger partial charge in [-0.15, -0.1) is 0 Å². The van der Waals surface area contributed by atoms with E-state index in [4.69, 9.17) is 5.73 Å². The van der Waals surface area contributed by atoms with E-state index in [1.54, 1.807) is 17.0 Å². The van der Waals surface area contributed by atoms with Crippen LogP contribution in [-0.4, -0.2) is 59.5 Å². The molecule has 0 aliphatic rings. The molecule has 3 aromatic rings. The molecule has 0 unspecified atom stereocenters. The van der Waals surface area contributed by atoms with Gasteiger partial charge >= 0.3 is 0 Å². The van der Waals surface area contributed by atoms with Crippen molar-refractivity contribution in [3.63, 3.8) is 0 Å². The monoisotopic (exact) mass is 562 g/mol. The summed E-state index contributed by atoms with van der Waals surface area (Å²) in [6, 6.07) is 19.0. The van der Waals surface area contributed by atoms with Crippen LogP contribution in [0, 0.1) is 5.82 Å². The minimum atomic E-state index is -1.00. The summed E-state index contributed by atoms with van der Waals surface area (Å²) in [6.07, 6.45) is 0.742. The van der Waals surface area contributed by atoms with E-state index in [-0.39, 0.29) is 41.4 Å². The largest absolute Gasteiger partial charge is 0.390 e. The SMILES string of the molecule is CCCN(CCC)C(=O)c1cc(C(N)=O)cc(C(=O)N[C@@H](Cc2ccc(F)cc2)[C@H](O)CNCc2ccccc2)c1. The van der Waals surface area contributed by atoms with Crippen molar-refractivity contribution in [2.75, 3.05) is 19.6 Å². The van der Waals surface area contributed by atoms with Crippen LogP contribution in [0.2, 0.25) is 0 Å². The molecule has 0 aromatic heterocycles. The smallest absolute Gasteiger partial charge is 0.253 e. The number of primary amides is 1. The lowest BCUT2D eigenvalue weighted by Crippen LogP contribution is -2.48. The summed E-state index contributed by atoms with van der Waals surface area (Å²) in [7, 11) is 0. The number of aliphatic hydroxyl groups is 1. The van der Waals surface area contributed by atoms with E-state index in [0.717, 1.165) is 24.0 Å². The number of halogens is 1. The van der Waals surface area contributed by atoms with Gasteiger partial charge in [-0.1, -0.05) is 56.3 Å². The van der Waals surface area contributed by atoms with Gasteiger partial charge in [0.2, 0.25) is 5.91 Å². The number of nitrogens with one attached hydrogen (secondary N) is 2. The Bertz CT molecular complexity index is 1290. The third-order valence-corrected chi connectivity index (χ3v) is 6.68. The van der Waals surface area contributed by atoms with E-state index in [1.807, 2.05) is 44.2 Å². The molecule has 2 atom stereocenters. The summed E-state index contributed by atoms with van der Waals surface area (Å²) in [5.74, 6) is -2.02. The first-order valence-electron chi connectivity index (χ1n) is 13.9. The molecule has 0 heterocycles. The number of hydrogen-bond donors (Lipinski definition) is 4. The highest BCUT2D eigenvalue weighted by Gasteiger charge is 2.24. The van der Waals surface area contributed by atoms with Gasteiger partial charge in [0.1, 0.15) is 5.82 Å². The van der Waals surface area contributed by atoms with Gasteiger partial charge in [0.05, 0.1) is 12.1 Å². The van der Waals surface area contributed by atoms with Crippen molar-refractivity contribution in [1.29, 1.82) is 0 Å². The normalized spacial score (nSPS) is 12.4. The van der Waals surface area contributed by atoms with Crippen molar-refractivity contribution in [3.05, 3.63) is 106 Å². The number of aliphatic hydroxyl groups excluding tert-OH is 1. The van der Waals surface area contributed by atoms with Crippen LogP contribution in [-0.2, 0) is 13.0 Å². The molecule has 0 aliphatic carbocycles. The van der Waals surface area contributed by atoms with Crippen LogP contribution < -0.4 is 16.4 Å². The molecule has 5 N–H and O–H groups in total. The van der Waals surface area contributed by atoms with Gasteiger partial charge in [-0.2, -0.15) is 0 Å². The van der Waals surface area contributed by atoms with Crippen LogP contribution in [0.25, 0.3) is 0 Å². The standard InChI is InChI=1S/C32H39FN4O4/c1-3-14-37(15-4-2)32(41)26-18-24(30(34)39)17-25(19-26)31(40)36-28(16-22-10-12-27(33)13-11-22)29(38)21-35-20-23-8-6-5-7-9-23/h5-13,17-19,28-29,35,38H,3-4,14-16,20-21H2,1-2H3,(H2,34,39)(H,36,40)/t28-,29+/m0/s1. The van der Waals surface area contributed by atoms with E-state index < -0.39 is 24.0 Å². The fourth-order valence-electron chi connectivity index (χ4n) is 4.57. The number of nitrogens with zero attached hydrogens (tertiary/aromatic N) is 1. The van der Waals surface area contributed by atoms with Crippen LogP contribution in [0.15, 0.2) is 72.8 Å². The molecule has 3 aromatic carbocycles. The molecule has 3 amide bonds. The Morgan fingerprint density at radius 1 is 0.878 bits per heavy atom. The zero-order valence-corrected chi connectivity index (χ0v) is 23.6. The molecule has 8 nitrogen and oxygen atoms in total. The Labute approximate surface area is 240 Å². The molecular formula is C32H39FN4O4. The first-order valence-corrected chi connectivity index (χ1v) is 13.9. The van der Waals surface area contributed by atoms with Crippen LogP contribution in [0.3, 0.4) is 0 Å². The Morgan fingerprint density at radius 2 is 1.49 bits per heavy atom. The predicted octanol–water partition coefficient (Wildman–Crippen LogP) is 3.68. The molecule has 0 aliphatic heterocycles. The van der Waals surface area contributed by atoms with Gasteiger partial charge in [0.25, 0.3) is 11.8 Å². The highest BCUT2D eigenvalue weighted by molar-refractivity contribution is 6.04. The Kier molecular flexibility index (Phi) is 12.0. The van der Waals surface area contributed by atoms with Crippen molar-refractivity contribution in [2.45, 2.75) is 51.8 Å². The number of hydrogen-bond acceptors (Lipinski definition) is 5. The van der Waals surface area contributed by atoms with Crippen LogP contribution in [0.4, 0.5) is 4.39 Å². The second-order valence-corrected chi connectivity index (χ2v) is 10.0. The summed E-state index contributed by atoms with van der Waals surface area (Å²) in [6.45, 7) is 5.71. The van der Waals surface area contributed by atoms with E-state index in [0.29, 0.717) is 19.6 Å². The van der Waals surface area contributed by atoms with Crippen LogP contribution in [0.5, 0.6) is 0 Å². The molecule has 3 rings (SSSR count). The Balaban J connectivity index is 1.84. The number of rotatable bonds is 15. The van der Waals surface area contributed by atoms with Crippen molar-refractivity contribution in [1.82, 2.24) is 15.5 Å². The topological polar surface area (TPSA) is 125 Å². The fraction of sp³-hybridized carbons (Fsp3) is 0.344. The number of carbonyl (C=O) groups excluding carboxylic acids is 3. The lowest BCUT2D eigenvalue weighted by atomic mass is 9.99. The average molecular weight is 563 g/mol. The predicted molar refractivity (Wildman–Crippen MR) is 157 cm³/mol. The van der Waals surface area contributed by atoms with Gasteiger partial charge in [-0.05, 0) is 60.7 Å². The summed E-state index contributed by atoms with van der Waals surface area (Å²) in [5, 5.41) is 17.1. The zero-order valence-electron chi connectivity index (χ0n) is 23.6. The van der Waals surface area contributed by atoms with Crippen molar-refractivity contribution >= 4 is 17.7 Å². The molecule has 0 saturated carbocycles. The van der Waals surface area contributed by atoms with Gasteiger partial charge in [-0.25, -0.2) is 4.39 Å². The molecule has 9 heteroatoms. The maximum atomic E-state index is 13.5. The number of carbonyl (C=O) groups is 3. The zero-order chi connectivity index (χ0) is 29.8. The minimum absolute atomic E-state index is 0.0362. The highest BCUT2D eigenvalue weighted by Crippen LogP contribution is 2.16. The van der Waals surface area contributed by atoms with Crippen molar-refractivity contribution in [2.24, 2.45) is 5.73 Å². The second-order valence-electron chi connectivity index (χ2n) is 10.0. The molecule has 0 fully saturated rings. The molecule has 0 saturated heterocycles. The number of benzene rings is 3. The van der Waals surface area contributed by atoms with E-state index in [2.05, 4.69) is 10.6 Å². The summed E-state index contributed by atoms with van der Waals surface area (Å²) in [5.41, 5.74) is 7.60. The second kappa shape index (κ2) is 15.6. The third-order valence-electron chi connectivity index (χ3n) is 6.68. The maximum Gasteiger partial charge on any atom is 0.253 e. The molecule has 0 radical (unpaired) electrons. The third kappa shape index (κ3) is 9.51. The number of amides is 3. The lowest BCUT2D eigenvalue weighted by molar-refractivity contribution is 0.0755. The van der Waals surface area contributed by atoms with E-state index in [1.165, 1.54) is 30.3 Å². The van der Waals surface area contributed by atoms with E-state index in [9.17, 15) is 23.9 Å². The maximum absolute atomic E-state index is 13.5. The average Bonchev–Trinajstić information content (AvgIpc) is 2.97.